The first-order chi connectivity index (χ1) is 13.5. The molecule has 0 aliphatic heterocycles. The summed E-state index contributed by atoms with van der Waals surface area (Å²) in [4.78, 5) is 2.25. The lowest BCUT2D eigenvalue weighted by atomic mass is 10.1. The molecular formula is C22H30ClNO4. The van der Waals surface area contributed by atoms with Crippen LogP contribution < -0.4 is 14.2 Å². The fraction of sp³-hybridized carbons (Fsp3) is 0.455. The molecule has 0 saturated carbocycles. The predicted molar refractivity (Wildman–Crippen MR) is 113 cm³/mol. The van der Waals surface area contributed by atoms with Crippen molar-refractivity contribution in [2.75, 3.05) is 27.4 Å². The summed E-state index contributed by atoms with van der Waals surface area (Å²) in [6.45, 7) is 5.74. The van der Waals surface area contributed by atoms with E-state index in [9.17, 15) is 5.11 Å². The van der Waals surface area contributed by atoms with Crippen molar-refractivity contribution in [2.45, 2.75) is 39.0 Å². The number of benzene rings is 2. The molecule has 0 aromatic heterocycles. The second-order valence-electron chi connectivity index (χ2n) is 6.79. The molecule has 2 rings (SSSR count). The molecule has 2 unspecified atom stereocenters. The number of aliphatic hydroxyl groups is 1. The van der Waals surface area contributed by atoms with Crippen LogP contribution in [0.2, 0.25) is 5.02 Å². The minimum Gasteiger partial charge on any atom is -0.493 e. The molecule has 1 N–H and O–H groups in total. The molecule has 28 heavy (non-hydrogen) atoms. The van der Waals surface area contributed by atoms with E-state index in [-0.39, 0.29) is 6.61 Å². The Labute approximate surface area is 172 Å². The Morgan fingerprint density at radius 1 is 1.04 bits per heavy atom. The van der Waals surface area contributed by atoms with Gasteiger partial charge in [-0.15, -0.1) is 0 Å². The van der Waals surface area contributed by atoms with Crippen molar-refractivity contribution in [3.63, 3.8) is 0 Å². The molecule has 2 aromatic carbocycles. The lowest BCUT2D eigenvalue weighted by molar-refractivity contribution is 0.0506. The minimum absolute atomic E-state index is 0.223. The van der Waals surface area contributed by atoms with E-state index in [1.807, 2.05) is 18.2 Å². The molecule has 0 amide bonds. The van der Waals surface area contributed by atoms with Crippen LogP contribution in [0.3, 0.4) is 0 Å². The van der Waals surface area contributed by atoms with Crippen LogP contribution in [0.25, 0.3) is 0 Å². The SMILES string of the molecule is CCC(C)N(Cc1ccc(OC)c(OC)c1)CC(O)COc1ccc(Cl)cc1. The van der Waals surface area contributed by atoms with Crippen LogP contribution in [-0.4, -0.2) is 49.5 Å². The molecular weight excluding hydrogens is 378 g/mol. The standard InChI is InChI=1S/C22H30ClNO4/c1-5-16(2)24(13-17-6-11-21(26-3)22(12-17)27-4)14-19(25)15-28-20-9-7-18(23)8-10-20/h6-12,16,19,25H,5,13-15H2,1-4H3. The highest BCUT2D eigenvalue weighted by Crippen LogP contribution is 2.28. The fourth-order valence-electron chi connectivity index (χ4n) is 2.92. The minimum atomic E-state index is -0.607. The first-order valence-corrected chi connectivity index (χ1v) is 9.86. The molecule has 0 bridgehead atoms. The second kappa shape index (κ2) is 11.1. The van der Waals surface area contributed by atoms with Crippen molar-refractivity contribution in [1.82, 2.24) is 4.90 Å². The maximum atomic E-state index is 10.5. The summed E-state index contributed by atoms with van der Waals surface area (Å²) in [5, 5.41) is 11.2. The van der Waals surface area contributed by atoms with Gasteiger partial charge in [-0.1, -0.05) is 24.6 Å². The topological polar surface area (TPSA) is 51.2 Å². The largest absolute Gasteiger partial charge is 0.493 e. The molecule has 154 valence electrons. The van der Waals surface area contributed by atoms with Gasteiger partial charge in [0.2, 0.25) is 0 Å². The molecule has 0 heterocycles. The lowest BCUT2D eigenvalue weighted by Gasteiger charge is -2.30. The monoisotopic (exact) mass is 407 g/mol. The summed E-state index contributed by atoms with van der Waals surface area (Å²) in [7, 11) is 3.26. The van der Waals surface area contributed by atoms with Crippen molar-refractivity contribution >= 4 is 11.6 Å². The van der Waals surface area contributed by atoms with Gasteiger partial charge in [-0.25, -0.2) is 0 Å². The normalized spacial score (nSPS) is 13.2. The van der Waals surface area contributed by atoms with Crippen LogP contribution in [0.1, 0.15) is 25.8 Å². The van der Waals surface area contributed by atoms with E-state index in [2.05, 4.69) is 18.7 Å². The molecule has 5 nitrogen and oxygen atoms in total. The van der Waals surface area contributed by atoms with Gasteiger partial charge in [-0.05, 0) is 55.3 Å². The summed E-state index contributed by atoms with van der Waals surface area (Å²) in [5.74, 6) is 2.10. The summed E-state index contributed by atoms with van der Waals surface area (Å²) in [6.07, 6.45) is 0.378. The second-order valence-corrected chi connectivity index (χ2v) is 7.23. The Hall–Kier alpha value is -1.95. The van der Waals surface area contributed by atoms with E-state index >= 15 is 0 Å². The third-order valence-electron chi connectivity index (χ3n) is 4.75. The van der Waals surface area contributed by atoms with Gasteiger partial charge in [0, 0.05) is 24.2 Å². The Morgan fingerprint density at radius 2 is 1.71 bits per heavy atom. The van der Waals surface area contributed by atoms with E-state index in [0.717, 1.165) is 12.0 Å². The van der Waals surface area contributed by atoms with Gasteiger partial charge in [-0.2, -0.15) is 0 Å². The van der Waals surface area contributed by atoms with Gasteiger partial charge < -0.3 is 19.3 Å². The molecule has 0 saturated heterocycles. The van der Waals surface area contributed by atoms with Gasteiger partial charge >= 0.3 is 0 Å². The average Bonchev–Trinajstić information content (AvgIpc) is 2.72. The van der Waals surface area contributed by atoms with Crippen LogP contribution in [0.15, 0.2) is 42.5 Å². The van der Waals surface area contributed by atoms with Gasteiger partial charge in [0.15, 0.2) is 11.5 Å². The number of ether oxygens (including phenoxy) is 3. The third-order valence-corrected chi connectivity index (χ3v) is 5.00. The summed E-state index contributed by atoms with van der Waals surface area (Å²) >= 11 is 5.88. The zero-order valence-corrected chi connectivity index (χ0v) is 17.8. The van der Waals surface area contributed by atoms with Crippen molar-refractivity contribution in [3.05, 3.63) is 53.1 Å². The Morgan fingerprint density at radius 3 is 2.32 bits per heavy atom. The number of aliphatic hydroxyl groups excluding tert-OH is 1. The van der Waals surface area contributed by atoms with Crippen molar-refractivity contribution < 1.29 is 19.3 Å². The number of rotatable bonds is 11. The van der Waals surface area contributed by atoms with Crippen molar-refractivity contribution in [2.24, 2.45) is 0 Å². The number of methoxy groups -OCH3 is 2. The van der Waals surface area contributed by atoms with E-state index in [4.69, 9.17) is 25.8 Å². The summed E-state index contributed by atoms with van der Waals surface area (Å²) < 4.78 is 16.4. The van der Waals surface area contributed by atoms with E-state index < -0.39 is 6.10 Å². The highest BCUT2D eigenvalue weighted by Gasteiger charge is 2.18. The van der Waals surface area contributed by atoms with Crippen LogP contribution in [0.5, 0.6) is 17.2 Å². The van der Waals surface area contributed by atoms with Crippen LogP contribution in [0.4, 0.5) is 0 Å². The van der Waals surface area contributed by atoms with Crippen LogP contribution >= 0.6 is 11.6 Å². The Balaban J connectivity index is 1.99. The number of hydrogen-bond donors (Lipinski definition) is 1. The van der Waals surface area contributed by atoms with Crippen LogP contribution in [-0.2, 0) is 6.54 Å². The third kappa shape index (κ3) is 6.59. The summed E-state index contributed by atoms with van der Waals surface area (Å²) in [6, 6.07) is 13.4. The van der Waals surface area contributed by atoms with Gasteiger partial charge in [0.1, 0.15) is 18.5 Å². The van der Waals surface area contributed by atoms with Crippen molar-refractivity contribution in [3.8, 4) is 17.2 Å². The molecule has 0 fully saturated rings. The van der Waals surface area contributed by atoms with Gasteiger partial charge in [-0.3, -0.25) is 4.90 Å². The lowest BCUT2D eigenvalue weighted by Crippen LogP contribution is -2.40. The molecule has 0 aliphatic rings. The molecule has 0 radical (unpaired) electrons. The fourth-order valence-corrected chi connectivity index (χ4v) is 3.04. The van der Waals surface area contributed by atoms with E-state index in [1.54, 1.807) is 38.5 Å². The number of halogens is 1. The first kappa shape index (κ1) is 22.3. The van der Waals surface area contributed by atoms with Gasteiger partial charge in [0.05, 0.1) is 14.2 Å². The quantitative estimate of drug-likeness (QED) is 0.598. The highest BCUT2D eigenvalue weighted by molar-refractivity contribution is 6.30. The molecule has 2 aromatic rings. The Kier molecular flexibility index (Phi) is 8.90. The zero-order valence-electron chi connectivity index (χ0n) is 17.0. The number of nitrogens with zero attached hydrogens (tertiary/aromatic N) is 1. The molecule has 0 aliphatic carbocycles. The first-order valence-electron chi connectivity index (χ1n) is 9.48. The Bertz CT molecular complexity index is 723. The van der Waals surface area contributed by atoms with Gasteiger partial charge in [0.25, 0.3) is 0 Å². The molecule has 0 spiro atoms. The van der Waals surface area contributed by atoms with E-state index in [0.29, 0.717) is 41.4 Å². The molecule has 2 atom stereocenters. The molecule has 6 heteroatoms. The maximum absolute atomic E-state index is 10.5. The smallest absolute Gasteiger partial charge is 0.161 e. The predicted octanol–water partition coefficient (Wildman–Crippen LogP) is 4.40. The zero-order chi connectivity index (χ0) is 20.5. The summed E-state index contributed by atoms with van der Waals surface area (Å²) in [5.41, 5.74) is 1.10. The number of hydrogen-bond acceptors (Lipinski definition) is 5. The van der Waals surface area contributed by atoms with Crippen LogP contribution in [0, 0.1) is 0 Å². The highest BCUT2D eigenvalue weighted by atomic mass is 35.5. The van der Waals surface area contributed by atoms with Crippen molar-refractivity contribution in [1.29, 1.82) is 0 Å². The van der Waals surface area contributed by atoms with E-state index in [1.165, 1.54) is 0 Å². The average molecular weight is 408 g/mol. The maximum Gasteiger partial charge on any atom is 0.161 e.